The smallest absolute Gasteiger partial charge is 0.265 e. The molecule has 0 saturated carbocycles. The number of aromatic nitrogens is 2. The summed E-state index contributed by atoms with van der Waals surface area (Å²) in [4.78, 5) is 20.6. The number of para-hydroxylation sites is 2. The predicted molar refractivity (Wildman–Crippen MR) is 119 cm³/mol. The van der Waals surface area contributed by atoms with Crippen molar-refractivity contribution >= 4 is 22.5 Å². The van der Waals surface area contributed by atoms with Gasteiger partial charge in [0.25, 0.3) is 5.56 Å². The van der Waals surface area contributed by atoms with Crippen LogP contribution in [-0.4, -0.2) is 22.6 Å². The van der Waals surface area contributed by atoms with Crippen molar-refractivity contribution in [2.75, 3.05) is 23.3 Å². The number of anilines is 2. The SMILES string of the molecule is CCC(c1nc2occc2c(=O)n1Cc1ccccc1)N1CCNc2ccccc21. The van der Waals surface area contributed by atoms with Gasteiger partial charge in [-0.05, 0) is 30.2 Å². The number of hydrogen-bond donors (Lipinski definition) is 1. The van der Waals surface area contributed by atoms with Gasteiger partial charge in [0.05, 0.1) is 30.2 Å². The van der Waals surface area contributed by atoms with Crippen LogP contribution in [-0.2, 0) is 6.54 Å². The number of nitrogens with one attached hydrogen (secondary N) is 1. The van der Waals surface area contributed by atoms with Crippen molar-refractivity contribution in [3.05, 3.63) is 88.7 Å². The van der Waals surface area contributed by atoms with Gasteiger partial charge >= 0.3 is 0 Å². The maximum Gasteiger partial charge on any atom is 0.265 e. The number of nitrogens with zero attached hydrogens (tertiary/aromatic N) is 3. The lowest BCUT2D eigenvalue weighted by Gasteiger charge is -2.38. The molecule has 0 fully saturated rings. The molecule has 1 unspecified atom stereocenters. The third-order valence-electron chi connectivity index (χ3n) is 5.74. The number of benzene rings is 2. The van der Waals surface area contributed by atoms with Gasteiger partial charge in [-0.25, -0.2) is 0 Å². The zero-order valence-electron chi connectivity index (χ0n) is 16.9. The van der Waals surface area contributed by atoms with Crippen molar-refractivity contribution in [3.63, 3.8) is 0 Å². The number of rotatable bonds is 5. The van der Waals surface area contributed by atoms with E-state index in [9.17, 15) is 4.79 Å². The fourth-order valence-corrected chi connectivity index (χ4v) is 4.31. The molecule has 152 valence electrons. The fraction of sp³-hybridized carbons (Fsp3) is 0.250. The molecule has 0 amide bonds. The highest BCUT2D eigenvalue weighted by Crippen LogP contribution is 2.36. The Bertz CT molecular complexity index is 1230. The summed E-state index contributed by atoms with van der Waals surface area (Å²) in [6.45, 7) is 4.31. The number of furan rings is 1. The van der Waals surface area contributed by atoms with Crippen molar-refractivity contribution < 1.29 is 4.42 Å². The van der Waals surface area contributed by atoms with Crippen LogP contribution in [0, 0.1) is 0 Å². The van der Waals surface area contributed by atoms with Gasteiger partial charge < -0.3 is 14.6 Å². The highest BCUT2D eigenvalue weighted by molar-refractivity contribution is 5.74. The second-order valence-electron chi connectivity index (χ2n) is 7.55. The molecule has 2 aromatic heterocycles. The average molecular weight is 400 g/mol. The van der Waals surface area contributed by atoms with E-state index in [1.807, 2.05) is 47.0 Å². The third-order valence-corrected chi connectivity index (χ3v) is 5.74. The molecule has 5 rings (SSSR count). The molecule has 1 aliphatic heterocycles. The van der Waals surface area contributed by atoms with Crippen LogP contribution in [0.3, 0.4) is 0 Å². The summed E-state index contributed by atoms with van der Waals surface area (Å²) in [5.74, 6) is 0.741. The molecule has 6 heteroatoms. The van der Waals surface area contributed by atoms with E-state index in [0.29, 0.717) is 17.6 Å². The molecule has 0 aliphatic carbocycles. The summed E-state index contributed by atoms with van der Waals surface area (Å²) in [6.07, 6.45) is 2.36. The Morgan fingerprint density at radius 2 is 1.90 bits per heavy atom. The van der Waals surface area contributed by atoms with E-state index < -0.39 is 0 Å². The molecular weight excluding hydrogens is 376 g/mol. The lowest BCUT2D eigenvalue weighted by molar-refractivity contribution is 0.517. The predicted octanol–water partition coefficient (Wildman–Crippen LogP) is 4.42. The van der Waals surface area contributed by atoms with E-state index in [4.69, 9.17) is 9.40 Å². The minimum atomic E-state index is -0.0607. The Morgan fingerprint density at radius 1 is 1.10 bits per heavy atom. The summed E-state index contributed by atoms with van der Waals surface area (Å²) in [5.41, 5.74) is 3.66. The van der Waals surface area contributed by atoms with Crippen molar-refractivity contribution in [1.82, 2.24) is 9.55 Å². The summed E-state index contributed by atoms with van der Waals surface area (Å²) >= 11 is 0. The molecule has 1 aliphatic rings. The topological polar surface area (TPSA) is 63.3 Å². The second kappa shape index (κ2) is 7.71. The van der Waals surface area contributed by atoms with Crippen molar-refractivity contribution in [2.45, 2.75) is 25.9 Å². The lowest BCUT2D eigenvalue weighted by Crippen LogP contribution is -2.40. The van der Waals surface area contributed by atoms with E-state index in [1.165, 1.54) is 6.26 Å². The standard InChI is InChI=1S/C24H24N4O2/c1-2-20(27-14-13-25-19-10-6-7-11-21(19)27)22-26-23-18(12-15-30-23)24(29)28(22)16-17-8-4-3-5-9-17/h3-12,15,20,25H,2,13-14,16H2,1H3. The number of hydrogen-bond acceptors (Lipinski definition) is 5. The van der Waals surface area contributed by atoms with Crippen LogP contribution < -0.4 is 15.8 Å². The fourth-order valence-electron chi connectivity index (χ4n) is 4.31. The van der Waals surface area contributed by atoms with Gasteiger partial charge in [0, 0.05) is 13.1 Å². The largest absolute Gasteiger partial charge is 0.446 e. The van der Waals surface area contributed by atoms with Crippen LogP contribution in [0.5, 0.6) is 0 Å². The van der Waals surface area contributed by atoms with Crippen LogP contribution in [0.15, 0.2) is 76.1 Å². The summed E-state index contributed by atoms with van der Waals surface area (Å²) in [5, 5.41) is 3.98. The normalized spacial score (nSPS) is 14.4. The molecule has 0 saturated heterocycles. The molecule has 1 N–H and O–H groups in total. The van der Waals surface area contributed by atoms with Crippen LogP contribution in [0.4, 0.5) is 11.4 Å². The van der Waals surface area contributed by atoms with Crippen LogP contribution in [0.25, 0.3) is 11.1 Å². The van der Waals surface area contributed by atoms with Gasteiger partial charge in [-0.15, -0.1) is 0 Å². The molecule has 0 bridgehead atoms. The van der Waals surface area contributed by atoms with Crippen molar-refractivity contribution in [2.24, 2.45) is 0 Å². The quantitative estimate of drug-likeness (QED) is 0.537. The molecule has 3 heterocycles. The zero-order valence-corrected chi connectivity index (χ0v) is 16.9. The van der Waals surface area contributed by atoms with Crippen LogP contribution in [0.2, 0.25) is 0 Å². The van der Waals surface area contributed by atoms with Gasteiger partial charge in [-0.1, -0.05) is 49.4 Å². The van der Waals surface area contributed by atoms with E-state index in [-0.39, 0.29) is 11.6 Å². The Hall–Kier alpha value is -3.54. The minimum Gasteiger partial charge on any atom is -0.446 e. The molecule has 0 radical (unpaired) electrons. The number of fused-ring (bicyclic) bond motifs is 2. The van der Waals surface area contributed by atoms with Gasteiger partial charge in [0.1, 0.15) is 11.2 Å². The van der Waals surface area contributed by atoms with Crippen molar-refractivity contribution in [3.8, 4) is 0 Å². The minimum absolute atomic E-state index is 0.0424. The first-order chi connectivity index (χ1) is 14.8. The molecule has 6 nitrogen and oxygen atoms in total. The van der Waals surface area contributed by atoms with Gasteiger partial charge in [0.15, 0.2) is 0 Å². The maximum atomic E-state index is 13.4. The van der Waals surface area contributed by atoms with Crippen molar-refractivity contribution in [1.29, 1.82) is 0 Å². The average Bonchev–Trinajstić information content (AvgIpc) is 3.26. The van der Waals surface area contributed by atoms with Gasteiger partial charge in [0.2, 0.25) is 5.71 Å². The molecule has 0 spiro atoms. The summed E-state index contributed by atoms with van der Waals surface area (Å²) < 4.78 is 7.35. The maximum absolute atomic E-state index is 13.4. The van der Waals surface area contributed by atoms with E-state index in [0.717, 1.165) is 42.3 Å². The highest BCUT2D eigenvalue weighted by atomic mass is 16.3. The molecule has 1 atom stereocenters. The molecule has 30 heavy (non-hydrogen) atoms. The van der Waals surface area contributed by atoms with E-state index in [2.05, 4.69) is 29.3 Å². The summed E-state index contributed by atoms with van der Waals surface area (Å²) in [6, 6.07) is 20.0. The highest BCUT2D eigenvalue weighted by Gasteiger charge is 2.28. The lowest BCUT2D eigenvalue weighted by atomic mass is 10.1. The Labute approximate surface area is 174 Å². The zero-order chi connectivity index (χ0) is 20.5. The first-order valence-corrected chi connectivity index (χ1v) is 10.4. The molecule has 2 aromatic carbocycles. The second-order valence-corrected chi connectivity index (χ2v) is 7.55. The first kappa shape index (κ1) is 18.5. The monoisotopic (exact) mass is 400 g/mol. The molecular formula is C24H24N4O2. The molecule has 4 aromatic rings. The first-order valence-electron chi connectivity index (χ1n) is 10.4. The van der Waals surface area contributed by atoms with Gasteiger partial charge in [-0.3, -0.25) is 9.36 Å². The summed E-state index contributed by atoms with van der Waals surface area (Å²) in [7, 11) is 0. The Balaban J connectivity index is 1.67. The van der Waals surface area contributed by atoms with Crippen LogP contribution >= 0.6 is 0 Å². The van der Waals surface area contributed by atoms with Crippen LogP contribution in [0.1, 0.15) is 30.8 Å². The van der Waals surface area contributed by atoms with E-state index >= 15 is 0 Å². The van der Waals surface area contributed by atoms with Gasteiger partial charge in [-0.2, -0.15) is 4.98 Å². The Morgan fingerprint density at radius 3 is 2.73 bits per heavy atom. The van der Waals surface area contributed by atoms with E-state index in [1.54, 1.807) is 6.07 Å². The Kier molecular flexibility index (Phi) is 4.75. The third kappa shape index (κ3) is 3.14.